The smallest absolute Gasteiger partial charge is 0.303 e. The average molecular weight is 505 g/mol. The van der Waals surface area contributed by atoms with E-state index in [0.29, 0.717) is 5.76 Å². The van der Waals surface area contributed by atoms with Gasteiger partial charge >= 0.3 is 23.9 Å². The van der Waals surface area contributed by atoms with Crippen LogP contribution in [-0.4, -0.2) is 69.5 Å². The molecule has 5 atom stereocenters. The first-order valence-corrected chi connectivity index (χ1v) is 13.8. The van der Waals surface area contributed by atoms with Gasteiger partial charge in [0.2, 0.25) is 14.6 Å². The predicted octanol–water partition coefficient (Wildman–Crippen LogP) is 1.90. The standard InChI is InChI=1S/C21H32O12Si/c1-12(33-34(6,7)8)9-10-27-32-21-20(30-16(5)25)19(29-15(4)24)18(28-14(3)23)17(31-21)11-26-13(2)22/h9-10,17-21H,1,11H2,2-8H3/b10-9-/t17-,18-,19+,20-,21+/m1/s1. The van der Waals surface area contributed by atoms with Crippen LogP contribution < -0.4 is 0 Å². The molecular formula is C21H32O12Si. The molecule has 0 spiro atoms. The van der Waals surface area contributed by atoms with Gasteiger partial charge in [0.15, 0.2) is 18.3 Å². The highest BCUT2D eigenvalue weighted by atomic mass is 28.4. The molecule has 0 aromatic carbocycles. The van der Waals surface area contributed by atoms with Crippen molar-refractivity contribution in [3.05, 3.63) is 24.7 Å². The summed E-state index contributed by atoms with van der Waals surface area (Å²) in [4.78, 5) is 56.8. The van der Waals surface area contributed by atoms with Gasteiger partial charge < -0.3 is 33.0 Å². The summed E-state index contributed by atoms with van der Waals surface area (Å²) in [6, 6.07) is 0. The van der Waals surface area contributed by atoms with Crippen LogP contribution in [-0.2, 0) is 57.1 Å². The first-order valence-electron chi connectivity index (χ1n) is 10.4. The molecule has 12 nitrogen and oxygen atoms in total. The van der Waals surface area contributed by atoms with Crippen molar-refractivity contribution in [3.63, 3.8) is 0 Å². The van der Waals surface area contributed by atoms with Crippen molar-refractivity contribution >= 4 is 32.2 Å². The number of allylic oxidation sites excluding steroid dienone is 1. The van der Waals surface area contributed by atoms with Crippen LogP contribution in [0.25, 0.3) is 0 Å². The molecule has 0 aromatic heterocycles. The summed E-state index contributed by atoms with van der Waals surface area (Å²) in [6.07, 6.45) is -4.12. The second-order valence-electron chi connectivity index (χ2n) is 8.24. The Hall–Kier alpha value is -2.90. The summed E-state index contributed by atoms with van der Waals surface area (Å²) >= 11 is 0. The highest BCUT2D eigenvalue weighted by molar-refractivity contribution is 6.70. The Labute approximate surface area is 199 Å². The lowest BCUT2D eigenvalue weighted by Crippen LogP contribution is -2.62. The maximum atomic E-state index is 11.8. The topological polar surface area (TPSA) is 142 Å². The zero-order chi connectivity index (χ0) is 26.1. The molecule has 0 unspecified atom stereocenters. The third kappa shape index (κ3) is 10.8. The summed E-state index contributed by atoms with van der Waals surface area (Å²) in [7, 11) is -1.88. The minimum Gasteiger partial charge on any atom is -0.545 e. The van der Waals surface area contributed by atoms with E-state index in [1.165, 1.54) is 13.0 Å². The number of hydrogen-bond donors (Lipinski definition) is 0. The van der Waals surface area contributed by atoms with E-state index >= 15 is 0 Å². The number of rotatable bonds is 11. The van der Waals surface area contributed by atoms with E-state index in [9.17, 15) is 19.2 Å². The van der Waals surface area contributed by atoms with Gasteiger partial charge in [-0.25, -0.2) is 0 Å². The molecule has 0 saturated carbocycles. The van der Waals surface area contributed by atoms with E-state index in [4.69, 9.17) is 37.9 Å². The van der Waals surface area contributed by atoms with E-state index in [0.717, 1.165) is 27.0 Å². The third-order valence-corrected chi connectivity index (χ3v) is 4.72. The summed E-state index contributed by atoms with van der Waals surface area (Å²) < 4.78 is 32.1. The summed E-state index contributed by atoms with van der Waals surface area (Å²) in [5, 5.41) is 0. The van der Waals surface area contributed by atoms with Crippen LogP contribution in [0.5, 0.6) is 0 Å². The molecule has 1 aliphatic rings. The largest absolute Gasteiger partial charge is 0.545 e. The second-order valence-corrected chi connectivity index (χ2v) is 12.7. The Morgan fingerprint density at radius 3 is 1.88 bits per heavy atom. The number of hydrogen-bond acceptors (Lipinski definition) is 12. The number of carbonyl (C=O) groups excluding carboxylic acids is 4. The van der Waals surface area contributed by atoms with Gasteiger partial charge in [0.1, 0.15) is 19.0 Å². The van der Waals surface area contributed by atoms with Gasteiger partial charge in [0.05, 0.1) is 5.76 Å². The van der Waals surface area contributed by atoms with Crippen LogP contribution in [0.3, 0.4) is 0 Å². The summed E-state index contributed by atoms with van der Waals surface area (Å²) in [5.74, 6) is -2.54. The van der Waals surface area contributed by atoms with Gasteiger partial charge in [0, 0.05) is 33.8 Å². The van der Waals surface area contributed by atoms with Gasteiger partial charge in [-0.1, -0.05) is 6.58 Å². The van der Waals surface area contributed by atoms with Crippen molar-refractivity contribution in [2.24, 2.45) is 0 Å². The van der Waals surface area contributed by atoms with Gasteiger partial charge in [-0.2, -0.15) is 4.89 Å². The van der Waals surface area contributed by atoms with Crippen LogP contribution >= 0.6 is 0 Å². The van der Waals surface area contributed by atoms with Gasteiger partial charge in [-0.05, 0) is 19.6 Å². The molecule has 13 heteroatoms. The highest BCUT2D eigenvalue weighted by Crippen LogP contribution is 2.30. The molecule has 34 heavy (non-hydrogen) atoms. The molecule has 1 fully saturated rings. The molecule has 0 amide bonds. The van der Waals surface area contributed by atoms with E-state index < -0.39 is 62.9 Å². The molecule has 0 aliphatic carbocycles. The van der Waals surface area contributed by atoms with E-state index in [1.807, 2.05) is 19.6 Å². The normalized spacial score (nSPS) is 24.6. The Bertz CT molecular complexity index is 787. The molecule has 0 bridgehead atoms. The molecule has 1 aliphatic heterocycles. The fourth-order valence-corrected chi connectivity index (χ4v) is 3.74. The second kappa shape index (κ2) is 13.1. The van der Waals surface area contributed by atoms with Crippen molar-refractivity contribution in [3.8, 4) is 0 Å². The van der Waals surface area contributed by atoms with Gasteiger partial charge in [-0.15, -0.1) is 0 Å². The number of ether oxygens (including phenoxy) is 5. The number of carbonyl (C=O) groups is 4. The van der Waals surface area contributed by atoms with Gasteiger partial charge in [-0.3, -0.25) is 19.2 Å². The quantitative estimate of drug-likeness (QED) is 0.0771. The lowest BCUT2D eigenvalue weighted by atomic mass is 9.98. The first-order chi connectivity index (χ1) is 15.7. The summed E-state index contributed by atoms with van der Waals surface area (Å²) in [6.45, 7) is 13.8. The SMILES string of the molecule is C=C(/C=C\OO[C@@H]1O[C@H](COC(C)=O)[C@@H](OC(C)=O)[C@H](OC(C)=O)[C@H]1OC(C)=O)O[Si](C)(C)C. The van der Waals surface area contributed by atoms with Crippen molar-refractivity contribution in [2.45, 2.75) is 78.0 Å². The van der Waals surface area contributed by atoms with Crippen LogP contribution in [0, 0.1) is 0 Å². The molecule has 1 rings (SSSR count). The van der Waals surface area contributed by atoms with E-state index in [2.05, 4.69) is 6.58 Å². The molecule has 1 heterocycles. The fourth-order valence-electron chi connectivity index (χ4n) is 2.88. The van der Waals surface area contributed by atoms with Crippen LogP contribution in [0.1, 0.15) is 27.7 Å². The zero-order valence-corrected chi connectivity index (χ0v) is 21.4. The first kappa shape index (κ1) is 29.1. The molecule has 0 radical (unpaired) electrons. The number of esters is 4. The molecule has 0 aromatic rings. The average Bonchev–Trinajstić information content (AvgIpc) is 2.65. The minimum absolute atomic E-state index is 0.337. The van der Waals surface area contributed by atoms with E-state index in [-0.39, 0.29) is 6.61 Å². The molecule has 1 saturated heterocycles. The lowest BCUT2D eigenvalue weighted by Gasteiger charge is -2.43. The lowest BCUT2D eigenvalue weighted by molar-refractivity contribution is -0.405. The van der Waals surface area contributed by atoms with Crippen LogP contribution in [0.2, 0.25) is 19.6 Å². The molecular weight excluding hydrogens is 472 g/mol. The summed E-state index contributed by atoms with van der Waals surface area (Å²) in [5.41, 5.74) is 0. The van der Waals surface area contributed by atoms with E-state index in [1.54, 1.807) is 0 Å². The maximum absolute atomic E-state index is 11.8. The minimum atomic E-state index is -1.88. The highest BCUT2D eigenvalue weighted by Gasteiger charge is 2.53. The van der Waals surface area contributed by atoms with Crippen molar-refractivity contribution < 1.29 is 57.1 Å². The zero-order valence-electron chi connectivity index (χ0n) is 20.4. The van der Waals surface area contributed by atoms with Crippen molar-refractivity contribution in [1.82, 2.24) is 0 Å². The third-order valence-electron chi connectivity index (χ3n) is 3.85. The Balaban J connectivity index is 3.15. The van der Waals surface area contributed by atoms with Crippen molar-refractivity contribution in [2.75, 3.05) is 6.61 Å². The fraction of sp³-hybridized carbons (Fsp3) is 0.619. The predicted molar refractivity (Wildman–Crippen MR) is 117 cm³/mol. The Morgan fingerprint density at radius 1 is 0.853 bits per heavy atom. The molecule has 192 valence electrons. The van der Waals surface area contributed by atoms with Crippen LogP contribution in [0.4, 0.5) is 0 Å². The Kier molecular flexibility index (Phi) is 11.2. The molecule has 0 N–H and O–H groups in total. The Morgan fingerprint density at radius 2 is 1.38 bits per heavy atom. The maximum Gasteiger partial charge on any atom is 0.303 e. The monoisotopic (exact) mass is 504 g/mol. The van der Waals surface area contributed by atoms with Crippen molar-refractivity contribution in [1.29, 1.82) is 0 Å². The van der Waals surface area contributed by atoms with Crippen LogP contribution in [0.15, 0.2) is 24.7 Å². The van der Waals surface area contributed by atoms with Gasteiger partial charge in [0.25, 0.3) is 0 Å².